The van der Waals surface area contributed by atoms with Gasteiger partial charge in [-0.2, -0.15) is 0 Å². The zero-order valence-electron chi connectivity index (χ0n) is 11.6. The Morgan fingerprint density at radius 2 is 2.00 bits per heavy atom. The van der Waals surface area contributed by atoms with Gasteiger partial charge in [0.1, 0.15) is 0 Å². The third kappa shape index (κ3) is 3.64. The van der Waals surface area contributed by atoms with Gasteiger partial charge < -0.3 is 16.0 Å². The van der Waals surface area contributed by atoms with Crippen molar-refractivity contribution in [2.75, 3.05) is 30.7 Å². The van der Waals surface area contributed by atoms with Crippen molar-refractivity contribution in [1.82, 2.24) is 4.90 Å². The first-order valence-corrected chi connectivity index (χ1v) is 7.00. The summed E-state index contributed by atoms with van der Waals surface area (Å²) in [7, 11) is 0. The summed E-state index contributed by atoms with van der Waals surface area (Å²) < 4.78 is 0. The quantitative estimate of drug-likeness (QED) is 0.804. The van der Waals surface area contributed by atoms with E-state index in [1.54, 1.807) is 0 Å². The van der Waals surface area contributed by atoms with Gasteiger partial charge >= 0.3 is 0 Å². The topological polar surface area (TPSA) is 41.3 Å². The second kappa shape index (κ2) is 6.10. The van der Waals surface area contributed by atoms with Gasteiger partial charge in [0.05, 0.1) is 0 Å². The molecule has 100 valence electrons. The van der Waals surface area contributed by atoms with Gasteiger partial charge in [-0.05, 0) is 57.5 Å². The van der Waals surface area contributed by atoms with E-state index in [2.05, 4.69) is 30.1 Å². The molecule has 0 aromatic heterocycles. The fraction of sp³-hybridized carbons (Fsp3) is 0.600. The van der Waals surface area contributed by atoms with Crippen molar-refractivity contribution in [2.45, 2.75) is 39.2 Å². The van der Waals surface area contributed by atoms with Gasteiger partial charge in [0.15, 0.2) is 0 Å². The van der Waals surface area contributed by atoms with E-state index < -0.39 is 0 Å². The Bertz CT molecular complexity index is 383. The summed E-state index contributed by atoms with van der Waals surface area (Å²) in [5, 5.41) is 3.58. The van der Waals surface area contributed by atoms with Gasteiger partial charge in [0.25, 0.3) is 0 Å². The lowest BCUT2D eigenvalue weighted by Crippen LogP contribution is -2.38. The molecule has 1 unspecified atom stereocenters. The van der Waals surface area contributed by atoms with Crippen LogP contribution >= 0.6 is 0 Å². The molecule has 0 bridgehead atoms. The van der Waals surface area contributed by atoms with Crippen molar-refractivity contribution in [1.29, 1.82) is 0 Å². The monoisotopic (exact) mass is 247 g/mol. The van der Waals surface area contributed by atoms with Crippen LogP contribution in [0.25, 0.3) is 0 Å². The SMILES string of the molecule is Cc1ccc(N)cc1NC(C)CN1CCCCC1. The summed E-state index contributed by atoms with van der Waals surface area (Å²) in [4.78, 5) is 2.56. The molecule has 0 aliphatic carbocycles. The molecule has 18 heavy (non-hydrogen) atoms. The number of nitrogens with zero attached hydrogens (tertiary/aromatic N) is 1. The van der Waals surface area contributed by atoms with E-state index >= 15 is 0 Å². The number of hydrogen-bond donors (Lipinski definition) is 2. The normalized spacial score (nSPS) is 18.6. The van der Waals surface area contributed by atoms with Gasteiger partial charge in [0, 0.05) is 24.0 Å². The molecule has 0 saturated carbocycles. The molecule has 3 heteroatoms. The fourth-order valence-electron chi connectivity index (χ4n) is 2.64. The van der Waals surface area contributed by atoms with Gasteiger partial charge in [-0.3, -0.25) is 0 Å². The summed E-state index contributed by atoms with van der Waals surface area (Å²) in [5.41, 5.74) is 9.09. The summed E-state index contributed by atoms with van der Waals surface area (Å²) >= 11 is 0. The zero-order chi connectivity index (χ0) is 13.0. The maximum absolute atomic E-state index is 5.84. The van der Waals surface area contributed by atoms with Crippen LogP contribution < -0.4 is 11.1 Å². The second-order valence-corrected chi connectivity index (χ2v) is 5.48. The maximum Gasteiger partial charge on any atom is 0.0393 e. The van der Waals surface area contributed by atoms with E-state index in [0.717, 1.165) is 12.2 Å². The Morgan fingerprint density at radius 3 is 2.72 bits per heavy atom. The first kappa shape index (κ1) is 13.2. The Hall–Kier alpha value is -1.22. The van der Waals surface area contributed by atoms with Crippen molar-refractivity contribution in [3.63, 3.8) is 0 Å². The van der Waals surface area contributed by atoms with E-state index in [1.807, 2.05) is 12.1 Å². The van der Waals surface area contributed by atoms with Crippen LogP contribution in [-0.4, -0.2) is 30.6 Å². The van der Waals surface area contributed by atoms with Crippen LogP contribution in [0.4, 0.5) is 11.4 Å². The molecule has 1 aromatic carbocycles. The number of piperidine rings is 1. The highest BCUT2D eigenvalue weighted by Gasteiger charge is 2.13. The highest BCUT2D eigenvalue weighted by atomic mass is 15.1. The molecule has 1 atom stereocenters. The predicted molar refractivity (Wildman–Crippen MR) is 79.0 cm³/mol. The van der Waals surface area contributed by atoms with Crippen LogP contribution in [0.1, 0.15) is 31.7 Å². The Kier molecular flexibility index (Phi) is 4.48. The second-order valence-electron chi connectivity index (χ2n) is 5.48. The zero-order valence-corrected chi connectivity index (χ0v) is 11.6. The molecule has 0 spiro atoms. The number of aryl methyl sites for hydroxylation is 1. The molecule has 0 amide bonds. The van der Waals surface area contributed by atoms with Crippen molar-refractivity contribution in [3.05, 3.63) is 23.8 Å². The van der Waals surface area contributed by atoms with E-state index in [-0.39, 0.29) is 0 Å². The molecule has 2 rings (SSSR count). The Balaban J connectivity index is 1.89. The average molecular weight is 247 g/mol. The number of benzene rings is 1. The number of nitrogens with two attached hydrogens (primary N) is 1. The van der Waals surface area contributed by atoms with Crippen LogP contribution in [0.2, 0.25) is 0 Å². The summed E-state index contributed by atoms with van der Waals surface area (Å²) in [6.45, 7) is 7.99. The highest BCUT2D eigenvalue weighted by molar-refractivity contribution is 5.59. The van der Waals surface area contributed by atoms with Crippen LogP contribution in [0.3, 0.4) is 0 Å². The maximum atomic E-state index is 5.84. The van der Waals surface area contributed by atoms with Gasteiger partial charge in [0.2, 0.25) is 0 Å². The molecule has 1 fully saturated rings. The number of nitrogen functional groups attached to an aromatic ring is 1. The van der Waals surface area contributed by atoms with E-state index in [4.69, 9.17) is 5.73 Å². The van der Waals surface area contributed by atoms with Crippen LogP contribution in [-0.2, 0) is 0 Å². The van der Waals surface area contributed by atoms with Crippen molar-refractivity contribution in [3.8, 4) is 0 Å². The third-order valence-electron chi connectivity index (χ3n) is 3.64. The predicted octanol–water partition coefficient (Wildman–Crippen LogP) is 2.86. The lowest BCUT2D eigenvalue weighted by molar-refractivity contribution is 0.223. The van der Waals surface area contributed by atoms with Gasteiger partial charge in [-0.25, -0.2) is 0 Å². The minimum absolute atomic E-state index is 0.462. The average Bonchev–Trinajstić information content (AvgIpc) is 2.35. The number of rotatable bonds is 4. The van der Waals surface area contributed by atoms with Gasteiger partial charge in [-0.1, -0.05) is 12.5 Å². The van der Waals surface area contributed by atoms with Crippen molar-refractivity contribution in [2.24, 2.45) is 0 Å². The number of hydrogen-bond acceptors (Lipinski definition) is 3. The van der Waals surface area contributed by atoms with E-state index in [1.165, 1.54) is 43.6 Å². The first-order valence-electron chi connectivity index (χ1n) is 7.00. The lowest BCUT2D eigenvalue weighted by atomic mass is 10.1. The molecule has 0 radical (unpaired) electrons. The standard InChI is InChI=1S/C15H25N3/c1-12-6-7-14(16)10-15(12)17-13(2)11-18-8-4-3-5-9-18/h6-7,10,13,17H,3-5,8-9,11,16H2,1-2H3. The van der Waals surface area contributed by atoms with E-state index in [0.29, 0.717) is 6.04 Å². The van der Waals surface area contributed by atoms with Crippen molar-refractivity contribution >= 4 is 11.4 Å². The minimum atomic E-state index is 0.462. The highest BCUT2D eigenvalue weighted by Crippen LogP contribution is 2.19. The Labute approximate surface area is 110 Å². The van der Waals surface area contributed by atoms with E-state index in [9.17, 15) is 0 Å². The molecular weight excluding hydrogens is 222 g/mol. The smallest absolute Gasteiger partial charge is 0.0393 e. The molecule has 1 aliphatic heterocycles. The van der Waals surface area contributed by atoms with Crippen LogP contribution in [0, 0.1) is 6.92 Å². The lowest BCUT2D eigenvalue weighted by Gasteiger charge is -2.30. The molecule has 1 aromatic rings. The molecule has 3 nitrogen and oxygen atoms in total. The van der Waals surface area contributed by atoms with Crippen LogP contribution in [0.15, 0.2) is 18.2 Å². The van der Waals surface area contributed by atoms with Crippen molar-refractivity contribution < 1.29 is 0 Å². The number of nitrogens with one attached hydrogen (secondary N) is 1. The molecular formula is C15H25N3. The van der Waals surface area contributed by atoms with Gasteiger partial charge in [-0.15, -0.1) is 0 Å². The third-order valence-corrected chi connectivity index (χ3v) is 3.64. The first-order chi connectivity index (χ1) is 8.65. The molecule has 1 heterocycles. The molecule has 1 saturated heterocycles. The fourth-order valence-corrected chi connectivity index (χ4v) is 2.64. The number of likely N-dealkylation sites (tertiary alicyclic amines) is 1. The Morgan fingerprint density at radius 1 is 1.28 bits per heavy atom. The minimum Gasteiger partial charge on any atom is -0.399 e. The number of anilines is 2. The van der Waals surface area contributed by atoms with Crippen LogP contribution in [0.5, 0.6) is 0 Å². The molecule has 1 aliphatic rings. The summed E-state index contributed by atoms with van der Waals surface area (Å²) in [6, 6.07) is 6.52. The largest absolute Gasteiger partial charge is 0.399 e. The summed E-state index contributed by atoms with van der Waals surface area (Å²) in [5.74, 6) is 0. The summed E-state index contributed by atoms with van der Waals surface area (Å²) in [6.07, 6.45) is 4.10. The molecule has 3 N–H and O–H groups in total.